The first kappa shape index (κ1) is 17.7. The minimum atomic E-state index is -0.246. The molecule has 1 aromatic heterocycles. The quantitative estimate of drug-likeness (QED) is 0.745. The monoisotopic (exact) mass is 367 g/mol. The van der Waals surface area contributed by atoms with Crippen LogP contribution in [0.15, 0.2) is 54.7 Å². The lowest BCUT2D eigenvalue weighted by atomic mass is 10.1. The second kappa shape index (κ2) is 7.90. The molecule has 4 rings (SSSR count). The molecule has 0 bridgehead atoms. The molecule has 0 saturated carbocycles. The molecule has 2 heterocycles. The van der Waals surface area contributed by atoms with Crippen LogP contribution in [0.4, 0.5) is 4.39 Å². The number of benzene rings is 2. The Balaban J connectivity index is 1.52. The van der Waals surface area contributed by atoms with Crippen LogP contribution in [0.25, 0.3) is 11.3 Å². The van der Waals surface area contributed by atoms with Gasteiger partial charge in [0.05, 0.1) is 38.3 Å². The molecule has 1 aliphatic rings. The molecule has 1 N–H and O–H groups in total. The number of hydrogen-bond donors (Lipinski definition) is 1. The van der Waals surface area contributed by atoms with Crippen LogP contribution in [-0.4, -0.2) is 41.7 Å². The van der Waals surface area contributed by atoms with E-state index < -0.39 is 0 Å². The molecule has 2 aromatic carbocycles. The Hall–Kier alpha value is -2.70. The van der Waals surface area contributed by atoms with Crippen molar-refractivity contribution < 1.29 is 13.9 Å². The van der Waals surface area contributed by atoms with Gasteiger partial charge in [-0.2, -0.15) is 0 Å². The van der Waals surface area contributed by atoms with E-state index in [2.05, 4.69) is 27.0 Å². The summed E-state index contributed by atoms with van der Waals surface area (Å²) in [6, 6.07) is 14.6. The molecule has 0 radical (unpaired) electrons. The molecule has 0 amide bonds. The van der Waals surface area contributed by atoms with Gasteiger partial charge in [0.2, 0.25) is 0 Å². The zero-order chi connectivity index (χ0) is 18.6. The molecule has 0 spiro atoms. The van der Waals surface area contributed by atoms with E-state index in [0.29, 0.717) is 13.2 Å². The van der Waals surface area contributed by atoms with Crippen LogP contribution in [0.3, 0.4) is 0 Å². The van der Waals surface area contributed by atoms with Crippen LogP contribution >= 0.6 is 0 Å². The average molecular weight is 367 g/mol. The maximum absolute atomic E-state index is 13.1. The van der Waals surface area contributed by atoms with Crippen molar-refractivity contribution >= 4 is 0 Å². The fraction of sp³-hybridized carbons (Fsp3) is 0.286. The van der Waals surface area contributed by atoms with Crippen molar-refractivity contribution in [1.82, 2.24) is 14.9 Å². The van der Waals surface area contributed by atoms with Crippen LogP contribution in [0.1, 0.15) is 17.4 Å². The molecular weight excluding hydrogens is 345 g/mol. The van der Waals surface area contributed by atoms with Gasteiger partial charge in [-0.3, -0.25) is 4.90 Å². The molecule has 6 heteroatoms. The van der Waals surface area contributed by atoms with Gasteiger partial charge in [0.15, 0.2) is 0 Å². The Bertz CT molecular complexity index is 877. The maximum Gasteiger partial charge on any atom is 0.126 e. The van der Waals surface area contributed by atoms with Gasteiger partial charge < -0.3 is 14.5 Å². The van der Waals surface area contributed by atoms with E-state index in [1.165, 1.54) is 17.7 Å². The summed E-state index contributed by atoms with van der Waals surface area (Å²) in [6.45, 7) is 2.94. The first-order valence-corrected chi connectivity index (χ1v) is 8.98. The van der Waals surface area contributed by atoms with Crippen molar-refractivity contribution in [2.75, 3.05) is 26.9 Å². The van der Waals surface area contributed by atoms with Gasteiger partial charge in [0.1, 0.15) is 17.4 Å². The highest BCUT2D eigenvalue weighted by molar-refractivity contribution is 5.58. The minimum absolute atomic E-state index is 0.0510. The molecule has 5 nitrogen and oxygen atoms in total. The van der Waals surface area contributed by atoms with Crippen LogP contribution in [0.5, 0.6) is 5.75 Å². The normalized spacial score (nSPS) is 17.8. The van der Waals surface area contributed by atoms with E-state index in [-0.39, 0.29) is 11.9 Å². The van der Waals surface area contributed by atoms with Gasteiger partial charge in [0, 0.05) is 13.1 Å². The Morgan fingerprint density at radius 1 is 1.19 bits per heavy atom. The molecule has 140 valence electrons. The summed E-state index contributed by atoms with van der Waals surface area (Å²) < 4.78 is 24.1. The van der Waals surface area contributed by atoms with E-state index in [1.807, 2.05) is 12.1 Å². The van der Waals surface area contributed by atoms with Crippen LogP contribution < -0.4 is 4.74 Å². The molecule has 3 aromatic rings. The number of morpholine rings is 1. The smallest absolute Gasteiger partial charge is 0.126 e. The zero-order valence-electron chi connectivity index (χ0n) is 15.2. The topological polar surface area (TPSA) is 50.4 Å². The van der Waals surface area contributed by atoms with Crippen molar-refractivity contribution in [1.29, 1.82) is 0 Å². The standard InChI is InChI=1S/C21H22FN3O2/c1-26-18-8-2-15(3-9-18)13-25-10-11-27-14-20(25)21-23-12-19(24-21)16-4-6-17(22)7-5-16/h2-9,12,20H,10-11,13-14H2,1H3,(H,23,24). The molecular formula is C21H22FN3O2. The fourth-order valence-corrected chi connectivity index (χ4v) is 3.33. The number of ether oxygens (including phenoxy) is 2. The lowest BCUT2D eigenvalue weighted by Crippen LogP contribution is -2.39. The Labute approximate surface area is 157 Å². The van der Waals surface area contributed by atoms with Gasteiger partial charge in [-0.1, -0.05) is 12.1 Å². The highest BCUT2D eigenvalue weighted by Gasteiger charge is 2.27. The second-order valence-corrected chi connectivity index (χ2v) is 6.60. The Morgan fingerprint density at radius 3 is 2.70 bits per heavy atom. The zero-order valence-corrected chi connectivity index (χ0v) is 15.2. The Morgan fingerprint density at radius 2 is 1.96 bits per heavy atom. The summed E-state index contributed by atoms with van der Waals surface area (Å²) in [6.07, 6.45) is 1.79. The van der Waals surface area contributed by atoms with Crippen LogP contribution in [0, 0.1) is 5.82 Å². The third kappa shape index (κ3) is 4.02. The van der Waals surface area contributed by atoms with Crippen molar-refractivity contribution in [3.8, 4) is 17.0 Å². The first-order chi connectivity index (χ1) is 13.2. The minimum Gasteiger partial charge on any atom is -0.497 e. The molecule has 0 aliphatic carbocycles. The van der Waals surface area contributed by atoms with E-state index in [1.54, 1.807) is 25.4 Å². The third-order valence-electron chi connectivity index (χ3n) is 4.85. The number of aromatic amines is 1. The average Bonchev–Trinajstić information content (AvgIpc) is 3.19. The van der Waals surface area contributed by atoms with Gasteiger partial charge in [0.25, 0.3) is 0 Å². The highest BCUT2D eigenvalue weighted by Crippen LogP contribution is 2.27. The summed E-state index contributed by atoms with van der Waals surface area (Å²) in [4.78, 5) is 10.3. The number of nitrogens with one attached hydrogen (secondary N) is 1. The largest absolute Gasteiger partial charge is 0.497 e. The fourth-order valence-electron chi connectivity index (χ4n) is 3.33. The number of hydrogen-bond acceptors (Lipinski definition) is 4. The van der Waals surface area contributed by atoms with Crippen molar-refractivity contribution in [3.05, 3.63) is 71.9 Å². The van der Waals surface area contributed by atoms with Crippen LogP contribution in [-0.2, 0) is 11.3 Å². The summed E-state index contributed by atoms with van der Waals surface area (Å²) in [7, 11) is 1.67. The number of nitrogens with zero attached hydrogens (tertiary/aromatic N) is 2. The number of H-pyrrole nitrogens is 1. The second-order valence-electron chi connectivity index (χ2n) is 6.60. The van der Waals surface area contributed by atoms with E-state index in [9.17, 15) is 4.39 Å². The van der Waals surface area contributed by atoms with Crippen molar-refractivity contribution in [3.63, 3.8) is 0 Å². The van der Waals surface area contributed by atoms with Gasteiger partial charge >= 0.3 is 0 Å². The molecule has 1 aliphatic heterocycles. The van der Waals surface area contributed by atoms with Gasteiger partial charge in [-0.05, 0) is 47.5 Å². The van der Waals surface area contributed by atoms with Crippen LogP contribution in [0.2, 0.25) is 0 Å². The van der Waals surface area contributed by atoms with E-state index in [0.717, 1.165) is 35.9 Å². The predicted molar refractivity (Wildman–Crippen MR) is 101 cm³/mol. The number of aromatic nitrogens is 2. The summed E-state index contributed by atoms with van der Waals surface area (Å²) in [5.74, 6) is 1.47. The molecule has 1 atom stereocenters. The number of imidazole rings is 1. The third-order valence-corrected chi connectivity index (χ3v) is 4.85. The summed E-state index contributed by atoms with van der Waals surface area (Å²) in [5, 5.41) is 0. The summed E-state index contributed by atoms with van der Waals surface area (Å²) >= 11 is 0. The van der Waals surface area contributed by atoms with Gasteiger partial charge in [-0.15, -0.1) is 0 Å². The van der Waals surface area contributed by atoms with Gasteiger partial charge in [-0.25, -0.2) is 9.37 Å². The molecule has 1 fully saturated rings. The van der Waals surface area contributed by atoms with E-state index in [4.69, 9.17) is 9.47 Å². The van der Waals surface area contributed by atoms with Crippen molar-refractivity contribution in [2.45, 2.75) is 12.6 Å². The number of rotatable bonds is 5. The Kier molecular flexibility index (Phi) is 5.18. The number of methoxy groups -OCH3 is 1. The maximum atomic E-state index is 13.1. The van der Waals surface area contributed by atoms with Crippen molar-refractivity contribution in [2.24, 2.45) is 0 Å². The SMILES string of the molecule is COc1ccc(CN2CCOCC2c2ncc(-c3ccc(F)cc3)[nH]2)cc1. The molecule has 1 unspecified atom stereocenters. The summed E-state index contributed by atoms with van der Waals surface area (Å²) in [5.41, 5.74) is 3.00. The highest BCUT2D eigenvalue weighted by atomic mass is 19.1. The lowest BCUT2D eigenvalue weighted by Gasteiger charge is -2.34. The lowest BCUT2D eigenvalue weighted by molar-refractivity contribution is -0.0156. The number of halogens is 1. The molecule has 27 heavy (non-hydrogen) atoms. The predicted octanol–water partition coefficient (Wildman–Crippen LogP) is 3.80. The first-order valence-electron chi connectivity index (χ1n) is 8.98. The molecule has 1 saturated heterocycles. The van der Waals surface area contributed by atoms with E-state index >= 15 is 0 Å².